The van der Waals surface area contributed by atoms with E-state index >= 15 is 0 Å². The molecule has 0 bridgehead atoms. The molecule has 0 spiro atoms. The van der Waals surface area contributed by atoms with Crippen LogP contribution in [0.15, 0.2) is 51.9 Å². The van der Waals surface area contributed by atoms with Crippen molar-refractivity contribution in [1.82, 2.24) is 0 Å². The Morgan fingerprint density at radius 2 is 2.04 bits per heavy atom. The third kappa shape index (κ3) is 3.29. The number of hydrogen-bond acceptors (Lipinski definition) is 7. The molecule has 3 aromatic rings. The molecule has 0 atom stereocenters. The molecule has 0 saturated carbocycles. The number of fused-ring (bicyclic) bond motifs is 1. The number of nitro groups is 1. The van der Waals surface area contributed by atoms with Crippen molar-refractivity contribution < 1.29 is 18.8 Å². The molecule has 8 heteroatoms. The van der Waals surface area contributed by atoms with E-state index in [4.69, 9.17) is 13.9 Å². The van der Waals surface area contributed by atoms with Crippen LogP contribution in [0.2, 0.25) is 0 Å². The average Bonchev–Trinajstić information content (AvgIpc) is 2.72. The molecule has 1 aromatic heterocycles. The number of allylic oxidation sites excluding steroid dienone is 1. The van der Waals surface area contributed by atoms with Gasteiger partial charge in [0, 0.05) is 0 Å². The lowest BCUT2D eigenvalue weighted by molar-refractivity contribution is -0.386. The Hall–Kier alpha value is -4.12. The molecule has 0 aliphatic carbocycles. The Balaban J connectivity index is 2.23. The van der Waals surface area contributed by atoms with Gasteiger partial charge in [0.15, 0.2) is 11.2 Å². The summed E-state index contributed by atoms with van der Waals surface area (Å²) >= 11 is 0. The van der Waals surface area contributed by atoms with Gasteiger partial charge in [-0.05, 0) is 36.4 Å². The zero-order chi connectivity index (χ0) is 20.3. The molecule has 0 amide bonds. The highest BCUT2D eigenvalue weighted by molar-refractivity contribution is 5.94. The van der Waals surface area contributed by atoms with Crippen LogP contribution in [0.25, 0.3) is 22.6 Å². The first-order valence-electron chi connectivity index (χ1n) is 8.03. The first-order chi connectivity index (χ1) is 13.5. The normalized spacial score (nSPS) is 11.1. The van der Waals surface area contributed by atoms with Gasteiger partial charge in [-0.1, -0.05) is 6.07 Å². The molecule has 0 radical (unpaired) electrons. The van der Waals surface area contributed by atoms with E-state index in [1.54, 1.807) is 12.1 Å². The molecule has 3 rings (SSSR count). The Kier molecular flexibility index (Phi) is 5.09. The fraction of sp³-hybridized carbons (Fsp3) is 0.100. The second-order valence-electron chi connectivity index (χ2n) is 5.67. The van der Waals surface area contributed by atoms with E-state index < -0.39 is 10.4 Å². The van der Waals surface area contributed by atoms with E-state index in [1.807, 2.05) is 6.07 Å². The minimum atomic E-state index is -0.632. The standard InChI is InChI=1S/C20H14N2O6/c1-26-14-6-7-17-16(9-14)20(23)13(11-28-17)8-12(10-21)15-4-3-5-18(27-2)19(15)22(24)25/h3-9,11H,1-2H3/b12-8+. The van der Waals surface area contributed by atoms with Crippen LogP contribution in [-0.4, -0.2) is 19.1 Å². The summed E-state index contributed by atoms with van der Waals surface area (Å²) in [6, 6.07) is 11.1. The number of nitriles is 1. The number of nitro benzene ring substituents is 1. The van der Waals surface area contributed by atoms with E-state index in [1.165, 1.54) is 50.8 Å². The van der Waals surface area contributed by atoms with Crippen LogP contribution in [0.1, 0.15) is 11.1 Å². The molecule has 140 valence electrons. The quantitative estimate of drug-likeness (QED) is 0.377. The highest BCUT2D eigenvalue weighted by Gasteiger charge is 2.23. The van der Waals surface area contributed by atoms with Crippen LogP contribution in [0.5, 0.6) is 11.5 Å². The molecular weight excluding hydrogens is 364 g/mol. The summed E-state index contributed by atoms with van der Waals surface area (Å²) in [6.07, 6.45) is 2.47. The van der Waals surface area contributed by atoms with Gasteiger partial charge in [0.2, 0.25) is 0 Å². The van der Waals surface area contributed by atoms with Crippen molar-refractivity contribution in [2.24, 2.45) is 0 Å². The lowest BCUT2D eigenvalue weighted by Crippen LogP contribution is -2.05. The maximum atomic E-state index is 12.8. The molecule has 0 aliphatic heterocycles. The number of nitrogens with zero attached hydrogens (tertiary/aromatic N) is 2. The molecule has 0 aliphatic rings. The molecule has 0 unspecified atom stereocenters. The van der Waals surface area contributed by atoms with Gasteiger partial charge in [0.25, 0.3) is 0 Å². The lowest BCUT2D eigenvalue weighted by Gasteiger charge is -2.06. The third-order valence-corrected chi connectivity index (χ3v) is 4.12. The van der Waals surface area contributed by atoms with Gasteiger partial charge in [-0.15, -0.1) is 0 Å². The minimum Gasteiger partial charge on any atom is -0.497 e. The maximum absolute atomic E-state index is 12.8. The summed E-state index contributed by atoms with van der Waals surface area (Å²) in [5.41, 5.74) is -0.344. The van der Waals surface area contributed by atoms with Crippen molar-refractivity contribution >= 4 is 28.3 Å². The summed E-state index contributed by atoms with van der Waals surface area (Å²) in [5, 5.41) is 21.3. The van der Waals surface area contributed by atoms with Gasteiger partial charge < -0.3 is 13.9 Å². The fourth-order valence-corrected chi connectivity index (χ4v) is 2.77. The second kappa shape index (κ2) is 7.63. The summed E-state index contributed by atoms with van der Waals surface area (Å²) in [5.74, 6) is 0.490. The summed E-state index contributed by atoms with van der Waals surface area (Å²) in [6.45, 7) is 0. The SMILES string of the molecule is COc1ccc2occ(/C=C(\C#N)c3cccc(OC)c3[N+](=O)[O-])c(=O)c2c1. The Bertz CT molecular complexity index is 1200. The number of para-hydroxylation sites is 1. The summed E-state index contributed by atoms with van der Waals surface area (Å²) in [7, 11) is 2.77. The summed E-state index contributed by atoms with van der Waals surface area (Å²) < 4.78 is 15.6. The Morgan fingerprint density at radius 1 is 1.25 bits per heavy atom. The van der Waals surface area contributed by atoms with E-state index in [9.17, 15) is 20.2 Å². The Morgan fingerprint density at radius 3 is 2.68 bits per heavy atom. The van der Waals surface area contributed by atoms with Gasteiger partial charge in [-0.2, -0.15) is 5.26 Å². The van der Waals surface area contributed by atoms with Crippen molar-refractivity contribution in [2.75, 3.05) is 14.2 Å². The topological polar surface area (TPSA) is 116 Å². The van der Waals surface area contributed by atoms with Crippen LogP contribution in [-0.2, 0) is 0 Å². The zero-order valence-corrected chi connectivity index (χ0v) is 15.0. The van der Waals surface area contributed by atoms with Crippen molar-refractivity contribution in [1.29, 1.82) is 5.26 Å². The molecule has 0 fully saturated rings. The third-order valence-electron chi connectivity index (χ3n) is 4.12. The molecule has 28 heavy (non-hydrogen) atoms. The van der Waals surface area contributed by atoms with Crippen molar-refractivity contribution in [3.63, 3.8) is 0 Å². The van der Waals surface area contributed by atoms with Crippen LogP contribution >= 0.6 is 0 Å². The molecule has 0 saturated heterocycles. The van der Waals surface area contributed by atoms with Crippen LogP contribution in [0, 0.1) is 21.4 Å². The highest BCUT2D eigenvalue weighted by atomic mass is 16.6. The summed E-state index contributed by atoms with van der Waals surface area (Å²) in [4.78, 5) is 23.6. The largest absolute Gasteiger partial charge is 0.497 e. The van der Waals surface area contributed by atoms with Crippen LogP contribution in [0.3, 0.4) is 0 Å². The molecule has 0 N–H and O–H groups in total. The molecule has 8 nitrogen and oxygen atoms in total. The van der Waals surface area contributed by atoms with Gasteiger partial charge in [-0.25, -0.2) is 0 Å². The van der Waals surface area contributed by atoms with Gasteiger partial charge in [0.1, 0.15) is 23.7 Å². The van der Waals surface area contributed by atoms with Crippen LogP contribution < -0.4 is 14.9 Å². The molecule has 2 aromatic carbocycles. The predicted octanol–water partition coefficient (Wildman–Crippen LogP) is 3.78. The predicted molar refractivity (Wildman–Crippen MR) is 102 cm³/mol. The van der Waals surface area contributed by atoms with Gasteiger partial charge >= 0.3 is 5.69 Å². The lowest BCUT2D eigenvalue weighted by atomic mass is 10.0. The minimum absolute atomic E-state index is 0.0129. The number of rotatable bonds is 5. The monoisotopic (exact) mass is 378 g/mol. The Labute approximate surface area is 159 Å². The number of benzene rings is 2. The van der Waals surface area contributed by atoms with E-state index in [0.717, 1.165) is 0 Å². The van der Waals surface area contributed by atoms with Crippen LogP contribution in [0.4, 0.5) is 5.69 Å². The van der Waals surface area contributed by atoms with E-state index in [-0.39, 0.29) is 33.5 Å². The van der Waals surface area contributed by atoms with Crippen molar-refractivity contribution in [3.8, 4) is 17.6 Å². The zero-order valence-electron chi connectivity index (χ0n) is 15.0. The van der Waals surface area contributed by atoms with E-state index in [0.29, 0.717) is 11.3 Å². The van der Waals surface area contributed by atoms with Gasteiger partial charge in [-0.3, -0.25) is 14.9 Å². The highest BCUT2D eigenvalue weighted by Crippen LogP contribution is 2.35. The average molecular weight is 378 g/mol. The first kappa shape index (κ1) is 18.7. The maximum Gasteiger partial charge on any atom is 0.319 e. The fourth-order valence-electron chi connectivity index (χ4n) is 2.77. The smallest absolute Gasteiger partial charge is 0.319 e. The van der Waals surface area contributed by atoms with E-state index in [2.05, 4.69) is 0 Å². The van der Waals surface area contributed by atoms with Crippen molar-refractivity contribution in [2.45, 2.75) is 0 Å². The number of hydrogen-bond donors (Lipinski definition) is 0. The van der Waals surface area contributed by atoms with Gasteiger partial charge in [0.05, 0.1) is 41.2 Å². The molecular formula is C20H14N2O6. The molecule has 1 heterocycles. The number of ether oxygens (including phenoxy) is 2. The van der Waals surface area contributed by atoms with Crippen molar-refractivity contribution in [3.05, 3.63) is 74.1 Å². The first-order valence-corrected chi connectivity index (χ1v) is 8.03. The number of methoxy groups -OCH3 is 2. The second-order valence-corrected chi connectivity index (χ2v) is 5.67.